The fourth-order valence-corrected chi connectivity index (χ4v) is 3.58. The average molecular weight is 333 g/mol. The van der Waals surface area contributed by atoms with Crippen molar-refractivity contribution < 1.29 is 9.59 Å². The van der Waals surface area contributed by atoms with Crippen LogP contribution in [-0.2, 0) is 4.79 Å². The van der Waals surface area contributed by atoms with Crippen molar-refractivity contribution in [2.75, 3.05) is 46.3 Å². The van der Waals surface area contributed by atoms with Crippen LogP contribution >= 0.6 is 0 Å². The third-order valence-corrected chi connectivity index (χ3v) is 5.17. The Hall–Kier alpha value is -1.89. The predicted molar refractivity (Wildman–Crippen MR) is 90.5 cm³/mol. The van der Waals surface area contributed by atoms with E-state index in [9.17, 15) is 9.59 Å². The summed E-state index contributed by atoms with van der Waals surface area (Å²) in [6.07, 6.45) is 6.80. The van der Waals surface area contributed by atoms with E-state index >= 15 is 0 Å². The summed E-state index contributed by atoms with van der Waals surface area (Å²) in [5.74, 6) is 0.728. The van der Waals surface area contributed by atoms with Crippen LogP contribution in [0.15, 0.2) is 12.4 Å². The number of hydrogen-bond donors (Lipinski definition) is 1. The van der Waals surface area contributed by atoms with Crippen LogP contribution in [0.25, 0.3) is 0 Å². The molecular weight excluding hydrogens is 306 g/mol. The highest BCUT2D eigenvalue weighted by molar-refractivity contribution is 5.93. The molecule has 132 valence electrons. The highest BCUT2D eigenvalue weighted by Gasteiger charge is 2.26. The minimum atomic E-state index is 0.0406. The van der Waals surface area contributed by atoms with E-state index in [0.717, 1.165) is 58.5 Å². The van der Waals surface area contributed by atoms with Gasteiger partial charge in [0.1, 0.15) is 0 Å². The Labute approximate surface area is 143 Å². The molecule has 0 spiro atoms. The summed E-state index contributed by atoms with van der Waals surface area (Å²) in [5.41, 5.74) is 0.615. The Morgan fingerprint density at radius 1 is 1.21 bits per heavy atom. The first-order valence-corrected chi connectivity index (χ1v) is 8.88. The number of carbonyl (C=O) groups excluding carboxylic acids is 2. The largest absolute Gasteiger partial charge is 0.340 e. The summed E-state index contributed by atoms with van der Waals surface area (Å²) in [7, 11) is 2.09. The molecule has 1 aromatic heterocycles. The maximum Gasteiger partial charge on any atom is 0.257 e. The lowest BCUT2D eigenvalue weighted by Crippen LogP contribution is -2.47. The minimum absolute atomic E-state index is 0.0406. The molecule has 3 heterocycles. The molecule has 0 aliphatic carbocycles. The molecule has 2 saturated heterocycles. The summed E-state index contributed by atoms with van der Waals surface area (Å²) in [5, 5.41) is 6.54. The number of H-pyrrole nitrogens is 1. The minimum Gasteiger partial charge on any atom is -0.340 e. The zero-order valence-corrected chi connectivity index (χ0v) is 14.4. The van der Waals surface area contributed by atoms with Crippen LogP contribution in [0.2, 0.25) is 0 Å². The van der Waals surface area contributed by atoms with Gasteiger partial charge in [0.15, 0.2) is 0 Å². The molecule has 2 aliphatic heterocycles. The first-order chi connectivity index (χ1) is 11.6. The van der Waals surface area contributed by atoms with Gasteiger partial charge < -0.3 is 14.7 Å². The summed E-state index contributed by atoms with van der Waals surface area (Å²) >= 11 is 0. The van der Waals surface area contributed by atoms with E-state index in [2.05, 4.69) is 22.1 Å². The molecule has 2 amide bonds. The Morgan fingerprint density at radius 3 is 2.71 bits per heavy atom. The number of aromatic nitrogens is 2. The number of rotatable bonds is 4. The summed E-state index contributed by atoms with van der Waals surface area (Å²) < 4.78 is 0. The normalized spacial score (nSPS) is 22.6. The lowest BCUT2D eigenvalue weighted by atomic mass is 9.92. The maximum atomic E-state index is 12.4. The van der Waals surface area contributed by atoms with Crippen LogP contribution in [0.4, 0.5) is 0 Å². The molecule has 1 N–H and O–H groups in total. The third-order valence-electron chi connectivity index (χ3n) is 5.17. The number of likely N-dealkylation sites (tertiary alicyclic amines) is 1. The van der Waals surface area contributed by atoms with Gasteiger partial charge in [-0.2, -0.15) is 5.10 Å². The molecule has 0 aromatic carbocycles. The Bertz CT molecular complexity index is 551. The van der Waals surface area contributed by atoms with Gasteiger partial charge in [0, 0.05) is 51.9 Å². The topological polar surface area (TPSA) is 72.5 Å². The molecule has 0 radical (unpaired) electrons. The van der Waals surface area contributed by atoms with Gasteiger partial charge in [-0.3, -0.25) is 14.7 Å². The van der Waals surface area contributed by atoms with E-state index < -0.39 is 0 Å². The number of likely N-dealkylation sites (N-methyl/N-ethyl adjacent to an activating group) is 1. The van der Waals surface area contributed by atoms with Crippen molar-refractivity contribution in [2.24, 2.45) is 5.92 Å². The summed E-state index contributed by atoms with van der Waals surface area (Å²) in [4.78, 5) is 30.9. The monoisotopic (exact) mass is 333 g/mol. The second-order valence-corrected chi connectivity index (χ2v) is 6.97. The standard InChI is InChI=1S/C17H27N5O2/c1-20-7-9-21(10-8-20)16(23)5-4-14-3-2-6-22(13-14)17(24)15-11-18-19-12-15/h11-12,14H,2-10,13H2,1H3,(H,18,19)/t14-/m0/s1. The molecular formula is C17H27N5O2. The number of amides is 2. The fraction of sp³-hybridized carbons (Fsp3) is 0.706. The van der Waals surface area contributed by atoms with E-state index in [1.165, 1.54) is 0 Å². The van der Waals surface area contributed by atoms with Crippen LogP contribution in [0, 0.1) is 5.92 Å². The van der Waals surface area contributed by atoms with Gasteiger partial charge in [-0.25, -0.2) is 0 Å². The van der Waals surface area contributed by atoms with Crippen LogP contribution in [-0.4, -0.2) is 83.0 Å². The Balaban J connectivity index is 1.45. The molecule has 2 aliphatic rings. The van der Waals surface area contributed by atoms with Crippen molar-refractivity contribution in [3.63, 3.8) is 0 Å². The second-order valence-electron chi connectivity index (χ2n) is 6.97. The molecule has 0 bridgehead atoms. The first kappa shape index (κ1) is 17.0. The second kappa shape index (κ2) is 7.79. The number of hydrogen-bond acceptors (Lipinski definition) is 4. The first-order valence-electron chi connectivity index (χ1n) is 8.88. The third kappa shape index (κ3) is 4.14. The number of piperazine rings is 1. The van der Waals surface area contributed by atoms with Crippen LogP contribution in [0.1, 0.15) is 36.0 Å². The molecule has 0 unspecified atom stereocenters. The van der Waals surface area contributed by atoms with E-state index in [4.69, 9.17) is 0 Å². The zero-order chi connectivity index (χ0) is 16.9. The average Bonchev–Trinajstić information content (AvgIpc) is 3.14. The smallest absolute Gasteiger partial charge is 0.257 e. The van der Waals surface area contributed by atoms with Crippen LogP contribution in [0.3, 0.4) is 0 Å². The summed E-state index contributed by atoms with van der Waals surface area (Å²) in [6.45, 7) is 5.15. The predicted octanol–water partition coefficient (Wildman–Crippen LogP) is 0.816. The Morgan fingerprint density at radius 2 is 2.00 bits per heavy atom. The van der Waals surface area contributed by atoms with Crippen molar-refractivity contribution in [1.82, 2.24) is 24.9 Å². The van der Waals surface area contributed by atoms with Gasteiger partial charge in [0.2, 0.25) is 5.91 Å². The van der Waals surface area contributed by atoms with E-state index in [0.29, 0.717) is 17.9 Å². The van der Waals surface area contributed by atoms with Gasteiger partial charge in [-0.15, -0.1) is 0 Å². The number of carbonyl (C=O) groups is 2. The molecule has 2 fully saturated rings. The molecule has 1 aromatic rings. The highest BCUT2D eigenvalue weighted by Crippen LogP contribution is 2.23. The molecule has 24 heavy (non-hydrogen) atoms. The quantitative estimate of drug-likeness (QED) is 0.885. The number of nitrogens with zero attached hydrogens (tertiary/aromatic N) is 4. The fourth-order valence-electron chi connectivity index (χ4n) is 3.58. The molecule has 0 saturated carbocycles. The van der Waals surface area contributed by atoms with Crippen molar-refractivity contribution in [3.8, 4) is 0 Å². The van der Waals surface area contributed by atoms with Gasteiger partial charge in [-0.05, 0) is 32.2 Å². The van der Waals surface area contributed by atoms with E-state index in [1.807, 2.05) is 9.80 Å². The van der Waals surface area contributed by atoms with Gasteiger partial charge in [0.25, 0.3) is 5.91 Å². The van der Waals surface area contributed by atoms with E-state index in [-0.39, 0.29) is 11.8 Å². The molecule has 7 heteroatoms. The number of piperidine rings is 1. The highest BCUT2D eigenvalue weighted by atomic mass is 16.2. The summed E-state index contributed by atoms with van der Waals surface area (Å²) in [6, 6.07) is 0. The zero-order valence-electron chi connectivity index (χ0n) is 14.4. The van der Waals surface area contributed by atoms with Gasteiger partial charge in [-0.1, -0.05) is 0 Å². The lowest BCUT2D eigenvalue weighted by Gasteiger charge is -2.34. The van der Waals surface area contributed by atoms with Crippen LogP contribution < -0.4 is 0 Å². The molecule has 3 rings (SSSR count). The van der Waals surface area contributed by atoms with Crippen molar-refractivity contribution >= 4 is 11.8 Å². The van der Waals surface area contributed by atoms with Crippen LogP contribution in [0.5, 0.6) is 0 Å². The van der Waals surface area contributed by atoms with Gasteiger partial charge >= 0.3 is 0 Å². The SMILES string of the molecule is CN1CCN(C(=O)CC[C@@H]2CCCN(C(=O)c3cn[nH]c3)C2)CC1. The maximum absolute atomic E-state index is 12.4. The Kier molecular flexibility index (Phi) is 5.50. The molecule has 7 nitrogen and oxygen atoms in total. The number of aromatic amines is 1. The van der Waals surface area contributed by atoms with Crippen molar-refractivity contribution in [3.05, 3.63) is 18.0 Å². The van der Waals surface area contributed by atoms with Crippen molar-refractivity contribution in [1.29, 1.82) is 0 Å². The van der Waals surface area contributed by atoms with E-state index in [1.54, 1.807) is 12.4 Å². The number of nitrogens with one attached hydrogen (secondary N) is 1. The molecule has 1 atom stereocenters. The van der Waals surface area contributed by atoms with Gasteiger partial charge in [0.05, 0.1) is 11.8 Å². The van der Waals surface area contributed by atoms with Crippen molar-refractivity contribution in [2.45, 2.75) is 25.7 Å². The lowest BCUT2D eigenvalue weighted by molar-refractivity contribution is -0.133.